The number of hydrogen-bond acceptors (Lipinski definition) is 5. The minimum absolute atomic E-state index is 0.0540. The van der Waals surface area contributed by atoms with Crippen LogP contribution in [0.4, 0.5) is 13.2 Å². The van der Waals surface area contributed by atoms with E-state index >= 15 is 0 Å². The van der Waals surface area contributed by atoms with Gasteiger partial charge in [0.2, 0.25) is 0 Å². The van der Waals surface area contributed by atoms with Crippen LogP contribution >= 0.6 is 0 Å². The molecule has 0 amide bonds. The van der Waals surface area contributed by atoms with Crippen molar-refractivity contribution < 1.29 is 13.2 Å². The zero-order valence-corrected chi connectivity index (χ0v) is 9.62. The molecule has 2 aromatic rings. The highest BCUT2D eigenvalue weighted by Gasteiger charge is 2.38. The number of nitrogens with zero attached hydrogens (tertiary/aromatic N) is 4. The van der Waals surface area contributed by atoms with Crippen molar-refractivity contribution in [3.8, 4) is 11.5 Å². The SMILES string of the molecule is FC(F)(F)c1nc(-c2cn[nH]n2)nc2c1CNCC2. The Morgan fingerprint density at radius 3 is 2.74 bits per heavy atom. The molecule has 2 N–H and O–H groups in total. The van der Waals surface area contributed by atoms with Crippen molar-refractivity contribution in [2.24, 2.45) is 0 Å². The third-order valence-electron chi connectivity index (χ3n) is 2.85. The number of H-pyrrole nitrogens is 1. The molecular formula is C10H9F3N6. The van der Waals surface area contributed by atoms with Crippen LogP contribution in [0.15, 0.2) is 6.20 Å². The van der Waals surface area contributed by atoms with E-state index in [1.165, 1.54) is 6.20 Å². The standard InChI is InChI=1S/C10H9F3N6/c11-10(12,13)8-5-3-14-2-1-6(5)16-9(17-8)7-4-15-19-18-7/h4,14H,1-3H2,(H,15,18,19). The molecule has 0 saturated carbocycles. The average molecular weight is 270 g/mol. The Bertz CT molecular complexity index is 592. The maximum absolute atomic E-state index is 13.0. The number of aromatic amines is 1. The van der Waals surface area contributed by atoms with Gasteiger partial charge in [0.25, 0.3) is 0 Å². The van der Waals surface area contributed by atoms with Crippen LogP contribution < -0.4 is 5.32 Å². The Morgan fingerprint density at radius 1 is 1.21 bits per heavy atom. The summed E-state index contributed by atoms with van der Waals surface area (Å²) >= 11 is 0. The summed E-state index contributed by atoms with van der Waals surface area (Å²) < 4.78 is 39.1. The molecule has 0 fully saturated rings. The largest absolute Gasteiger partial charge is 0.433 e. The fourth-order valence-electron chi connectivity index (χ4n) is 2.00. The predicted octanol–water partition coefficient (Wildman–Crippen LogP) is 0.926. The maximum Gasteiger partial charge on any atom is 0.433 e. The number of nitrogens with one attached hydrogen (secondary N) is 2. The Kier molecular flexibility index (Phi) is 2.70. The summed E-state index contributed by atoms with van der Waals surface area (Å²) in [5.41, 5.74) is -0.167. The van der Waals surface area contributed by atoms with E-state index in [1.807, 2.05) is 0 Å². The van der Waals surface area contributed by atoms with Crippen molar-refractivity contribution >= 4 is 0 Å². The normalized spacial score (nSPS) is 15.3. The van der Waals surface area contributed by atoms with Gasteiger partial charge in [0, 0.05) is 25.1 Å². The van der Waals surface area contributed by atoms with Crippen LogP contribution in [0.25, 0.3) is 11.5 Å². The number of halogens is 3. The predicted molar refractivity (Wildman–Crippen MR) is 57.8 cm³/mol. The molecule has 100 valence electrons. The van der Waals surface area contributed by atoms with Crippen LogP contribution in [0.5, 0.6) is 0 Å². The van der Waals surface area contributed by atoms with E-state index in [1.54, 1.807) is 0 Å². The molecule has 3 rings (SSSR count). The van der Waals surface area contributed by atoms with Crippen molar-refractivity contribution in [1.29, 1.82) is 0 Å². The molecule has 0 atom stereocenters. The van der Waals surface area contributed by atoms with Crippen LogP contribution in [-0.2, 0) is 19.1 Å². The second kappa shape index (κ2) is 4.26. The third kappa shape index (κ3) is 2.16. The maximum atomic E-state index is 13.0. The Labute approximate surface area is 105 Å². The van der Waals surface area contributed by atoms with Gasteiger partial charge in [0.1, 0.15) is 5.69 Å². The molecule has 2 aromatic heterocycles. The van der Waals surface area contributed by atoms with Gasteiger partial charge in [-0.15, -0.1) is 0 Å². The van der Waals surface area contributed by atoms with E-state index in [4.69, 9.17) is 0 Å². The molecule has 0 saturated heterocycles. The minimum atomic E-state index is -4.51. The lowest BCUT2D eigenvalue weighted by Crippen LogP contribution is -2.29. The monoisotopic (exact) mass is 270 g/mol. The lowest BCUT2D eigenvalue weighted by atomic mass is 10.0. The lowest BCUT2D eigenvalue weighted by molar-refractivity contribution is -0.142. The van der Waals surface area contributed by atoms with Crippen molar-refractivity contribution in [1.82, 2.24) is 30.7 Å². The van der Waals surface area contributed by atoms with Gasteiger partial charge in [-0.05, 0) is 0 Å². The highest BCUT2D eigenvalue weighted by molar-refractivity contribution is 5.49. The molecule has 6 nitrogen and oxygen atoms in total. The minimum Gasteiger partial charge on any atom is -0.312 e. The molecular weight excluding hydrogens is 261 g/mol. The number of fused-ring (bicyclic) bond motifs is 1. The van der Waals surface area contributed by atoms with E-state index in [0.29, 0.717) is 18.7 Å². The summed E-state index contributed by atoms with van der Waals surface area (Å²) in [5.74, 6) is -0.0540. The topological polar surface area (TPSA) is 79.4 Å². The molecule has 1 aliphatic rings. The fourth-order valence-corrected chi connectivity index (χ4v) is 2.00. The molecule has 3 heterocycles. The van der Waals surface area contributed by atoms with Gasteiger partial charge in [-0.1, -0.05) is 0 Å². The summed E-state index contributed by atoms with van der Waals surface area (Å²) in [6.45, 7) is 0.725. The number of aromatic nitrogens is 5. The second-order valence-corrected chi connectivity index (χ2v) is 4.10. The van der Waals surface area contributed by atoms with Crippen LogP contribution in [0.3, 0.4) is 0 Å². The van der Waals surface area contributed by atoms with E-state index in [9.17, 15) is 13.2 Å². The molecule has 0 aromatic carbocycles. The summed E-state index contributed by atoms with van der Waals surface area (Å²) in [4.78, 5) is 7.76. The fraction of sp³-hybridized carbons (Fsp3) is 0.400. The zero-order valence-electron chi connectivity index (χ0n) is 9.62. The summed E-state index contributed by atoms with van der Waals surface area (Å²) in [5, 5.41) is 12.5. The van der Waals surface area contributed by atoms with Crippen LogP contribution in [0.2, 0.25) is 0 Å². The van der Waals surface area contributed by atoms with E-state index < -0.39 is 11.9 Å². The first kappa shape index (κ1) is 12.0. The first-order valence-corrected chi connectivity index (χ1v) is 5.59. The van der Waals surface area contributed by atoms with Gasteiger partial charge in [0.05, 0.1) is 11.9 Å². The highest BCUT2D eigenvalue weighted by atomic mass is 19.4. The number of alkyl halides is 3. The molecule has 9 heteroatoms. The molecule has 0 bridgehead atoms. The van der Waals surface area contributed by atoms with Gasteiger partial charge in [-0.2, -0.15) is 28.6 Å². The molecule has 1 aliphatic heterocycles. The first-order valence-electron chi connectivity index (χ1n) is 5.59. The van der Waals surface area contributed by atoms with E-state index in [0.717, 1.165) is 0 Å². The first-order chi connectivity index (χ1) is 9.05. The summed E-state index contributed by atoms with van der Waals surface area (Å²) in [7, 11) is 0. The summed E-state index contributed by atoms with van der Waals surface area (Å²) in [6.07, 6.45) is -2.78. The van der Waals surface area contributed by atoms with E-state index in [2.05, 4.69) is 30.7 Å². The van der Waals surface area contributed by atoms with Gasteiger partial charge < -0.3 is 5.32 Å². The molecule has 0 radical (unpaired) electrons. The highest BCUT2D eigenvalue weighted by Crippen LogP contribution is 2.33. The van der Waals surface area contributed by atoms with Crippen molar-refractivity contribution in [2.45, 2.75) is 19.1 Å². The van der Waals surface area contributed by atoms with Crippen LogP contribution in [0.1, 0.15) is 17.0 Å². The van der Waals surface area contributed by atoms with Crippen molar-refractivity contribution in [3.63, 3.8) is 0 Å². The number of hydrogen-bond donors (Lipinski definition) is 2. The Morgan fingerprint density at radius 2 is 2.05 bits per heavy atom. The smallest absolute Gasteiger partial charge is 0.312 e. The lowest BCUT2D eigenvalue weighted by Gasteiger charge is -2.20. The Hall–Kier alpha value is -2.03. The number of rotatable bonds is 1. The Balaban J connectivity index is 2.19. The van der Waals surface area contributed by atoms with Gasteiger partial charge >= 0.3 is 6.18 Å². The van der Waals surface area contributed by atoms with Crippen molar-refractivity contribution in [3.05, 3.63) is 23.1 Å². The molecule has 19 heavy (non-hydrogen) atoms. The van der Waals surface area contributed by atoms with Gasteiger partial charge in [0.15, 0.2) is 11.5 Å². The van der Waals surface area contributed by atoms with Crippen molar-refractivity contribution in [2.75, 3.05) is 6.54 Å². The van der Waals surface area contributed by atoms with Gasteiger partial charge in [-0.3, -0.25) is 0 Å². The second-order valence-electron chi connectivity index (χ2n) is 4.10. The molecule has 0 spiro atoms. The van der Waals surface area contributed by atoms with Crippen LogP contribution in [0, 0.1) is 0 Å². The van der Waals surface area contributed by atoms with Gasteiger partial charge in [-0.25, -0.2) is 9.97 Å². The zero-order chi connectivity index (χ0) is 13.5. The quantitative estimate of drug-likeness (QED) is 0.805. The summed E-state index contributed by atoms with van der Waals surface area (Å²) in [6, 6.07) is 0. The van der Waals surface area contributed by atoms with Crippen LogP contribution in [-0.4, -0.2) is 31.9 Å². The van der Waals surface area contributed by atoms with E-state index in [-0.39, 0.29) is 23.6 Å². The third-order valence-corrected chi connectivity index (χ3v) is 2.85. The molecule has 0 aliphatic carbocycles. The average Bonchev–Trinajstić information content (AvgIpc) is 2.90. The molecule has 0 unspecified atom stereocenters.